The zero-order valence-electron chi connectivity index (χ0n) is 16.9. The number of aliphatic imine (C=N–C) groups is 1. The minimum atomic E-state index is -4.38. The van der Waals surface area contributed by atoms with E-state index in [1.807, 2.05) is 25.7 Å². The van der Waals surface area contributed by atoms with Crippen LogP contribution < -0.4 is 10.6 Å². The van der Waals surface area contributed by atoms with E-state index in [1.165, 1.54) is 12.1 Å². The molecule has 1 aliphatic rings. The van der Waals surface area contributed by atoms with Crippen LogP contribution in [0.5, 0.6) is 0 Å². The Balaban J connectivity index is 1.95. The van der Waals surface area contributed by atoms with Crippen molar-refractivity contribution in [1.82, 2.24) is 15.5 Å². The predicted octanol–water partition coefficient (Wildman–Crippen LogP) is 2.87. The maximum absolute atomic E-state index is 12.8. The van der Waals surface area contributed by atoms with Gasteiger partial charge in [-0.15, -0.1) is 0 Å². The van der Waals surface area contributed by atoms with Gasteiger partial charge in [0.25, 0.3) is 0 Å². The average molecular weight is 408 g/mol. The van der Waals surface area contributed by atoms with Crippen molar-refractivity contribution in [2.45, 2.75) is 39.4 Å². The Morgan fingerprint density at radius 1 is 1.38 bits per heavy atom. The Hall–Kier alpha value is -2.69. The Morgan fingerprint density at radius 3 is 2.79 bits per heavy atom. The van der Waals surface area contributed by atoms with Crippen LogP contribution in [-0.4, -0.2) is 49.0 Å². The minimum absolute atomic E-state index is 0.0261. The number of benzene rings is 1. The number of halogens is 3. The van der Waals surface area contributed by atoms with Crippen molar-refractivity contribution in [1.29, 1.82) is 0 Å². The molecule has 158 valence electrons. The molecule has 8 heteroatoms. The van der Waals surface area contributed by atoms with Crippen LogP contribution in [0.1, 0.15) is 38.3 Å². The number of nitrogens with one attached hydrogen (secondary N) is 2. The van der Waals surface area contributed by atoms with Gasteiger partial charge >= 0.3 is 6.18 Å². The summed E-state index contributed by atoms with van der Waals surface area (Å²) in [5.74, 6) is 6.20. The van der Waals surface area contributed by atoms with Gasteiger partial charge in [-0.05, 0) is 31.5 Å². The minimum Gasteiger partial charge on any atom is -0.357 e. The molecule has 29 heavy (non-hydrogen) atoms. The lowest BCUT2D eigenvalue weighted by atomic mass is 10.1. The molecule has 0 aromatic heterocycles. The molecule has 5 nitrogen and oxygen atoms in total. The van der Waals surface area contributed by atoms with Gasteiger partial charge < -0.3 is 15.5 Å². The molecule has 1 aliphatic heterocycles. The standard InChI is InChI=1S/C21H27F3N4O/c1-4-25-20(27-18-10-12-28(14-18)19(29)15(2)3)26-11-6-8-16-7-5-9-17(13-16)21(22,23)24/h5,7,9,13,15,18H,4,10-12,14H2,1-3H3,(H2,25,26,27). The van der Waals surface area contributed by atoms with Gasteiger partial charge in [-0.3, -0.25) is 4.79 Å². The van der Waals surface area contributed by atoms with Gasteiger partial charge in [0.1, 0.15) is 6.54 Å². The van der Waals surface area contributed by atoms with E-state index in [9.17, 15) is 18.0 Å². The Bertz CT molecular complexity index is 793. The van der Waals surface area contributed by atoms with Gasteiger partial charge in [-0.2, -0.15) is 13.2 Å². The highest BCUT2D eigenvalue weighted by Crippen LogP contribution is 2.29. The molecule has 2 rings (SSSR count). The third-order valence-electron chi connectivity index (χ3n) is 4.42. The molecule has 0 radical (unpaired) electrons. The quantitative estimate of drug-likeness (QED) is 0.458. The lowest BCUT2D eigenvalue weighted by molar-refractivity contribution is -0.137. The molecule has 1 aromatic carbocycles. The molecule has 0 aliphatic carbocycles. The van der Waals surface area contributed by atoms with Crippen molar-refractivity contribution in [3.05, 3.63) is 35.4 Å². The summed E-state index contributed by atoms with van der Waals surface area (Å²) >= 11 is 0. The molecular weight excluding hydrogens is 381 g/mol. The van der Waals surface area contributed by atoms with E-state index in [4.69, 9.17) is 0 Å². The number of guanidine groups is 1. The lowest BCUT2D eigenvalue weighted by Gasteiger charge is -2.20. The topological polar surface area (TPSA) is 56.7 Å². The van der Waals surface area contributed by atoms with Crippen molar-refractivity contribution < 1.29 is 18.0 Å². The third-order valence-corrected chi connectivity index (χ3v) is 4.42. The number of likely N-dealkylation sites (tertiary alicyclic amines) is 1. The molecule has 2 N–H and O–H groups in total. The summed E-state index contributed by atoms with van der Waals surface area (Å²) in [6, 6.07) is 5.03. The fourth-order valence-corrected chi connectivity index (χ4v) is 2.99. The molecular formula is C21H27F3N4O. The second-order valence-electron chi connectivity index (χ2n) is 7.14. The van der Waals surface area contributed by atoms with Gasteiger partial charge in [0, 0.05) is 37.2 Å². The maximum Gasteiger partial charge on any atom is 0.416 e. The summed E-state index contributed by atoms with van der Waals surface area (Å²) in [5, 5.41) is 6.42. The van der Waals surface area contributed by atoms with E-state index >= 15 is 0 Å². The van der Waals surface area contributed by atoms with Crippen molar-refractivity contribution in [2.24, 2.45) is 10.9 Å². The number of nitrogens with zero attached hydrogens (tertiary/aromatic N) is 2. The fraction of sp³-hybridized carbons (Fsp3) is 0.524. The highest BCUT2D eigenvalue weighted by Gasteiger charge is 2.30. The molecule has 0 bridgehead atoms. The van der Waals surface area contributed by atoms with E-state index in [1.54, 1.807) is 0 Å². The summed E-state index contributed by atoms with van der Waals surface area (Å²) in [6.07, 6.45) is -3.55. The van der Waals surface area contributed by atoms with E-state index in [0.717, 1.165) is 18.6 Å². The molecule has 1 amide bonds. The second-order valence-corrected chi connectivity index (χ2v) is 7.14. The average Bonchev–Trinajstić information content (AvgIpc) is 3.12. The number of carbonyl (C=O) groups is 1. The van der Waals surface area contributed by atoms with Crippen LogP contribution in [0.3, 0.4) is 0 Å². The number of hydrogen-bond acceptors (Lipinski definition) is 2. The van der Waals surface area contributed by atoms with Crippen molar-refractivity contribution in [3.8, 4) is 11.8 Å². The first-order valence-electron chi connectivity index (χ1n) is 9.70. The summed E-state index contributed by atoms with van der Waals surface area (Å²) in [5.41, 5.74) is -0.420. The summed E-state index contributed by atoms with van der Waals surface area (Å²) in [7, 11) is 0. The molecule has 0 saturated carbocycles. The zero-order valence-corrected chi connectivity index (χ0v) is 16.9. The summed E-state index contributed by atoms with van der Waals surface area (Å²) in [6.45, 7) is 7.85. The van der Waals surface area contributed by atoms with Crippen molar-refractivity contribution in [2.75, 3.05) is 26.2 Å². The van der Waals surface area contributed by atoms with Crippen LogP contribution in [0.25, 0.3) is 0 Å². The van der Waals surface area contributed by atoms with Crippen LogP contribution in [0, 0.1) is 17.8 Å². The number of carbonyl (C=O) groups excluding carboxylic acids is 1. The summed E-state index contributed by atoms with van der Waals surface area (Å²) < 4.78 is 38.3. The van der Waals surface area contributed by atoms with Gasteiger partial charge in [0.2, 0.25) is 5.91 Å². The number of alkyl halides is 3. The normalized spacial score (nSPS) is 17.1. The largest absolute Gasteiger partial charge is 0.416 e. The van der Waals surface area contributed by atoms with Crippen LogP contribution in [0.2, 0.25) is 0 Å². The van der Waals surface area contributed by atoms with Crippen LogP contribution >= 0.6 is 0 Å². The summed E-state index contributed by atoms with van der Waals surface area (Å²) in [4.78, 5) is 18.3. The first-order valence-corrected chi connectivity index (χ1v) is 9.70. The smallest absolute Gasteiger partial charge is 0.357 e. The molecule has 1 unspecified atom stereocenters. The third kappa shape index (κ3) is 7.00. The van der Waals surface area contributed by atoms with E-state index in [-0.39, 0.29) is 24.4 Å². The Kier molecular flexibility index (Phi) is 7.94. The van der Waals surface area contributed by atoms with E-state index in [2.05, 4.69) is 27.5 Å². The predicted molar refractivity (Wildman–Crippen MR) is 107 cm³/mol. The number of rotatable bonds is 4. The van der Waals surface area contributed by atoms with Gasteiger partial charge in [0.05, 0.1) is 5.56 Å². The lowest BCUT2D eigenvalue weighted by Crippen LogP contribution is -2.45. The first-order chi connectivity index (χ1) is 13.7. The molecule has 1 saturated heterocycles. The Labute approximate surface area is 169 Å². The number of amides is 1. The van der Waals surface area contributed by atoms with Crippen molar-refractivity contribution >= 4 is 11.9 Å². The van der Waals surface area contributed by atoms with E-state index in [0.29, 0.717) is 31.2 Å². The SMILES string of the molecule is CCNC(=NCC#Cc1cccc(C(F)(F)F)c1)NC1CCN(C(=O)C(C)C)C1. The van der Waals surface area contributed by atoms with Crippen LogP contribution in [0.15, 0.2) is 29.3 Å². The maximum atomic E-state index is 12.8. The molecule has 1 heterocycles. The Morgan fingerprint density at radius 2 is 2.14 bits per heavy atom. The number of hydrogen-bond donors (Lipinski definition) is 2. The highest BCUT2D eigenvalue weighted by molar-refractivity contribution is 5.81. The van der Waals surface area contributed by atoms with Crippen LogP contribution in [-0.2, 0) is 11.0 Å². The second kappa shape index (κ2) is 10.2. The van der Waals surface area contributed by atoms with Crippen LogP contribution in [0.4, 0.5) is 13.2 Å². The van der Waals surface area contributed by atoms with Gasteiger partial charge in [0.15, 0.2) is 5.96 Å². The molecule has 1 atom stereocenters. The highest BCUT2D eigenvalue weighted by atomic mass is 19.4. The first kappa shape index (κ1) is 22.6. The van der Waals surface area contributed by atoms with E-state index < -0.39 is 11.7 Å². The molecule has 1 fully saturated rings. The zero-order chi connectivity index (χ0) is 21.4. The molecule has 1 aromatic rings. The molecule has 0 spiro atoms. The van der Waals surface area contributed by atoms with Gasteiger partial charge in [-0.25, -0.2) is 4.99 Å². The van der Waals surface area contributed by atoms with Crippen molar-refractivity contribution in [3.63, 3.8) is 0 Å². The fourth-order valence-electron chi connectivity index (χ4n) is 2.99. The van der Waals surface area contributed by atoms with Gasteiger partial charge in [-0.1, -0.05) is 31.8 Å². The monoisotopic (exact) mass is 408 g/mol.